The number of hydrogen-bond acceptors (Lipinski definition) is 7. The molecule has 5 rings (SSSR count). The molecule has 5 aliphatic rings. The van der Waals surface area contributed by atoms with Crippen LogP contribution in [0, 0.1) is 56.7 Å². The van der Waals surface area contributed by atoms with Gasteiger partial charge in [-0.1, -0.05) is 34.6 Å². The maximum atomic E-state index is 13.2. The molecule has 0 aromatic carbocycles. The summed E-state index contributed by atoms with van der Waals surface area (Å²) in [6.45, 7) is 10.5. The molecule has 0 aromatic rings. The van der Waals surface area contributed by atoms with Gasteiger partial charge in [-0.05, 0) is 103 Å². The maximum Gasteiger partial charge on any atom is 1.00 e. The monoisotopic (exact) mass is 574 g/mol. The molecule has 0 aromatic heterocycles. The van der Waals surface area contributed by atoms with E-state index >= 15 is 0 Å². The minimum atomic E-state index is -4.96. The fraction of sp³-hybridized carbons (Fsp3) is 0.933. The number of aliphatic hydroxyl groups excluding tert-OH is 1. The van der Waals surface area contributed by atoms with Gasteiger partial charge in [0.15, 0.2) is 0 Å². The van der Waals surface area contributed by atoms with Crippen molar-refractivity contribution < 1.29 is 61.4 Å². The normalized spacial score (nSPS) is 45.4. The zero-order valence-electron chi connectivity index (χ0n) is 24.9. The Bertz CT molecular complexity index is 1110. The van der Waals surface area contributed by atoms with Gasteiger partial charge in [0, 0.05) is 19.3 Å². The molecule has 9 heteroatoms. The molecule has 0 amide bonds. The molecule has 0 saturated heterocycles. The van der Waals surface area contributed by atoms with Crippen LogP contribution in [0.2, 0.25) is 0 Å². The van der Waals surface area contributed by atoms with E-state index in [4.69, 9.17) is 0 Å². The average Bonchev–Trinajstić information content (AvgIpc) is 3.40. The third-order valence-corrected chi connectivity index (χ3v) is 13.6. The third-order valence-electron chi connectivity index (χ3n) is 13.2. The Hall–Kier alpha value is 0.170. The summed E-state index contributed by atoms with van der Waals surface area (Å²) in [6.07, 6.45) is 9.63. The van der Waals surface area contributed by atoms with Crippen LogP contribution in [0.3, 0.4) is 0 Å². The fourth-order valence-electron chi connectivity index (χ4n) is 11.4. The molecule has 9 atom stereocenters. The first kappa shape index (κ1) is 32.1. The first-order valence-corrected chi connectivity index (χ1v) is 16.2. The molecule has 1 N–H and O–H groups in total. The van der Waals surface area contributed by atoms with Gasteiger partial charge in [0.05, 0.1) is 18.6 Å². The molecular formula is C30H47NaO7S. The largest absolute Gasteiger partial charge is 1.00 e. The number of ketones is 2. The first-order valence-electron chi connectivity index (χ1n) is 14.9. The van der Waals surface area contributed by atoms with Crippen LogP contribution in [-0.2, 0) is 24.2 Å². The second-order valence-electron chi connectivity index (χ2n) is 14.9. The summed E-state index contributed by atoms with van der Waals surface area (Å²) in [7, 11) is -4.96. The Kier molecular flexibility index (Phi) is 8.57. The molecule has 5 aliphatic carbocycles. The van der Waals surface area contributed by atoms with Crippen LogP contribution in [-0.4, -0.2) is 42.9 Å². The third kappa shape index (κ3) is 4.60. The van der Waals surface area contributed by atoms with Crippen LogP contribution < -0.4 is 29.6 Å². The summed E-state index contributed by atoms with van der Waals surface area (Å²) < 4.78 is 38.7. The molecule has 2 spiro atoms. The number of aliphatic hydroxyl groups is 1. The minimum absolute atomic E-state index is 0. The predicted molar refractivity (Wildman–Crippen MR) is 142 cm³/mol. The fourth-order valence-corrected chi connectivity index (χ4v) is 11.8. The minimum Gasteiger partial charge on any atom is -0.726 e. The number of hydrogen-bond donors (Lipinski definition) is 1. The van der Waals surface area contributed by atoms with Crippen LogP contribution >= 0.6 is 0 Å². The van der Waals surface area contributed by atoms with Crippen molar-refractivity contribution in [3.05, 3.63) is 0 Å². The molecule has 0 radical (unpaired) electrons. The van der Waals surface area contributed by atoms with Crippen LogP contribution in [0.4, 0.5) is 0 Å². The molecule has 5 saturated carbocycles. The van der Waals surface area contributed by atoms with E-state index < -0.39 is 29.0 Å². The van der Waals surface area contributed by atoms with Gasteiger partial charge in [0.1, 0.15) is 11.6 Å². The van der Waals surface area contributed by atoms with Gasteiger partial charge in [-0.15, -0.1) is 0 Å². The van der Waals surface area contributed by atoms with Crippen molar-refractivity contribution in [2.24, 2.45) is 56.7 Å². The van der Waals surface area contributed by atoms with E-state index in [-0.39, 0.29) is 62.9 Å². The summed E-state index contributed by atoms with van der Waals surface area (Å²) in [4.78, 5) is 26.0. The molecule has 216 valence electrons. The summed E-state index contributed by atoms with van der Waals surface area (Å²) in [5.74, 6) is 1.86. The van der Waals surface area contributed by atoms with Gasteiger partial charge in [0.25, 0.3) is 0 Å². The number of carbonyl (C=O) groups is 2. The number of Topliss-reactive ketones (excluding diaryl/α,β-unsaturated/α-hetero) is 2. The Morgan fingerprint density at radius 1 is 1.00 bits per heavy atom. The molecule has 7 nitrogen and oxygen atoms in total. The van der Waals surface area contributed by atoms with Gasteiger partial charge in [-0.25, -0.2) is 8.42 Å². The molecular weight excluding hydrogens is 527 g/mol. The van der Waals surface area contributed by atoms with Gasteiger partial charge in [-0.3, -0.25) is 13.8 Å². The smallest absolute Gasteiger partial charge is 0.726 e. The predicted octanol–water partition coefficient (Wildman–Crippen LogP) is 2.07. The van der Waals surface area contributed by atoms with Crippen LogP contribution in [0.25, 0.3) is 0 Å². The van der Waals surface area contributed by atoms with Crippen molar-refractivity contribution in [1.82, 2.24) is 0 Å². The van der Waals surface area contributed by atoms with E-state index in [0.717, 1.165) is 51.4 Å². The topological polar surface area (TPSA) is 121 Å². The zero-order chi connectivity index (χ0) is 27.9. The zero-order valence-corrected chi connectivity index (χ0v) is 27.7. The Morgan fingerprint density at radius 3 is 2.26 bits per heavy atom. The van der Waals surface area contributed by atoms with Crippen molar-refractivity contribution in [3.8, 4) is 0 Å². The Labute approximate surface area is 257 Å². The molecule has 5 fully saturated rings. The standard InChI is InChI=1S/C30H48O7S.Na/c1-19(2)14-21(32)15-20(3)22-8-10-27(5)23-6-7-24-28(17-31,18-37-38(34,35)36)25(33)9-11-29(24)16-30(23,29)13-12-26(22,27)4;/h19-20,22-24,31H,6-18H2,1-5H3,(H,34,35,36);/q;+1/p-1/t20-,22-,23-,24+,26-,27+,28+,29+,30-;/m1./s1. The van der Waals surface area contributed by atoms with E-state index in [0.29, 0.717) is 48.7 Å². The molecule has 39 heavy (non-hydrogen) atoms. The second-order valence-corrected chi connectivity index (χ2v) is 15.9. The summed E-state index contributed by atoms with van der Waals surface area (Å²) >= 11 is 0. The van der Waals surface area contributed by atoms with Crippen LogP contribution in [0.1, 0.15) is 105 Å². The van der Waals surface area contributed by atoms with Gasteiger partial charge < -0.3 is 9.66 Å². The molecule has 0 unspecified atom stereocenters. The van der Waals surface area contributed by atoms with E-state index in [1.54, 1.807) is 0 Å². The van der Waals surface area contributed by atoms with Crippen LogP contribution in [0.5, 0.6) is 0 Å². The SMILES string of the molecule is CC(C)CC(=O)C[C@@H](C)[C@H]1CC[C@@]2(C)[C@H]3CC[C@H]4[C@](CO)(COS(=O)(=O)[O-])C(=O)CC[C@]45C[C@]35CC[C@]12C.[Na+]. The van der Waals surface area contributed by atoms with E-state index in [1.807, 2.05) is 0 Å². The molecule has 0 bridgehead atoms. The number of rotatable bonds is 9. The maximum absolute atomic E-state index is 13.2. The first-order chi connectivity index (χ1) is 17.6. The van der Waals surface area contributed by atoms with Crippen molar-refractivity contribution in [2.75, 3.05) is 13.2 Å². The summed E-state index contributed by atoms with van der Waals surface area (Å²) in [6, 6.07) is 0. The Morgan fingerprint density at radius 2 is 1.64 bits per heavy atom. The molecule has 0 heterocycles. The van der Waals surface area contributed by atoms with Crippen LogP contribution in [0.15, 0.2) is 0 Å². The summed E-state index contributed by atoms with van der Waals surface area (Å²) in [5, 5.41) is 10.5. The second kappa shape index (κ2) is 10.4. The van der Waals surface area contributed by atoms with E-state index in [2.05, 4.69) is 38.8 Å². The Balaban J connectivity index is 0.00000353. The van der Waals surface area contributed by atoms with Gasteiger partial charge in [0.2, 0.25) is 10.4 Å². The van der Waals surface area contributed by atoms with Crippen molar-refractivity contribution in [3.63, 3.8) is 0 Å². The van der Waals surface area contributed by atoms with Gasteiger partial charge in [-0.2, -0.15) is 0 Å². The van der Waals surface area contributed by atoms with Crippen molar-refractivity contribution in [1.29, 1.82) is 0 Å². The molecule has 0 aliphatic heterocycles. The quantitative estimate of drug-likeness (QED) is 0.254. The van der Waals surface area contributed by atoms with Crippen molar-refractivity contribution >= 4 is 22.0 Å². The number of carbonyl (C=O) groups excluding carboxylic acids is 2. The number of fused-ring (bicyclic) bond motifs is 2. The summed E-state index contributed by atoms with van der Waals surface area (Å²) in [5.41, 5.74) is -0.986. The van der Waals surface area contributed by atoms with E-state index in [1.165, 1.54) is 0 Å². The average molecular weight is 575 g/mol. The van der Waals surface area contributed by atoms with Crippen molar-refractivity contribution in [2.45, 2.75) is 105 Å². The van der Waals surface area contributed by atoms with Gasteiger partial charge >= 0.3 is 29.6 Å². The van der Waals surface area contributed by atoms with E-state index in [9.17, 15) is 27.7 Å².